The van der Waals surface area contributed by atoms with Gasteiger partial charge in [-0.3, -0.25) is 9.69 Å². The molecule has 1 atom stereocenters. The Hall–Kier alpha value is -3.10. The molecule has 0 bridgehead atoms. The maximum Gasteiger partial charge on any atom is 0.320 e. The fourth-order valence-electron chi connectivity index (χ4n) is 4.93. The van der Waals surface area contributed by atoms with Crippen LogP contribution in [0.3, 0.4) is 0 Å². The summed E-state index contributed by atoms with van der Waals surface area (Å²) in [5.41, 5.74) is 3.45. The molecule has 8 heteroatoms. The number of hydrogen-bond donors (Lipinski definition) is 1. The summed E-state index contributed by atoms with van der Waals surface area (Å²) in [6.45, 7) is 2.52. The van der Waals surface area contributed by atoms with Gasteiger partial charge in [0, 0.05) is 33.0 Å². The summed E-state index contributed by atoms with van der Waals surface area (Å²) in [5.74, 6) is 0.979. The fraction of sp³-hybridized carbons (Fsp3) is 0.281. The number of thiophene rings is 2. The molecule has 1 fully saturated rings. The number of hydrogen-bond acceptors (Lipinski definition) is 6. The third-order valence-electron chi connectivity index (χ3n) is 6.92. The van der Waals surface area contributed by atoms with Crippen molar-refractivity contribution < 1.29 is 19.4 Å². The lowest BCUT2D eigenvalue weighted by Crippen LogP contribution is -2.44. The molecule has 1 unspecified atom stereocenters. The summed E-state index contributed by atoms with van der Waals surface area (Å²) < 4.78 is 12.2. The quantitative estimate of drug-likeness (QED) is 0.179. The van der Waals surface area contributed by atoms with E-state index < -0.39 is 5.97 Å². The van der Waals surface area contributed by atoms with Crippen LogP contribution in [-0.4, -0.2) is 35.1 Å². The van der Waals surface area contributed by atoms with E-state index in [0.29, 0.717) is 13.2 Å². The Morgan fingerprint density at radius 2 is 1.40 bits per heavy atom. The number of ether oxygens (including phenoxy) is 2. The Kier molecular flexibility index (Phi) is 11.2. The van der Waals surface area contributed by atoms with E-state index in [0.717, 1.165) is 61.4 Å². The highest BCUT2D eigenvalue weighted by Crippen LogP contribution is 2.37. The minimum absolute atomic E-state index is 0. The predicted molar refractivity (Wildman–Crippen MR) is 166 cm³/mol. The standard InChI is InChI=1S/C32H33NO4S2.ClH/c34-32(35)29-15-7-8-18-33(29)19-9-14-28(30-24(16-20-38-30)22-36-26-10-3-1-4-11-26)31-25(17-21-39-31)23-37-27-12-5-2-6-13-27;/h1-6,10-14,16-17,20-21,29H,7-9,15,18-19,22-23H2,(H,34,35);1H. The molecule has 0 saturated carbocycles. The molecule has 5 rings (SSSR count). The molecular formula is C32H34ClNO4S2. The summed E-state index contributed by atoms with van der Waals surface area (Å²) in [4.78, 5) is 16.3. The maximum atomic E-state index is 11.8. The molecule has 210 valence electrons. The molecule has 2 aromatic heterocycles. The average molecular weight is 596 g/mol. The lowest BCUT2D eigenvalue weighted by atomic mass is 10.0. The van der Waals surface area contributed by atoms with Crippen LogP contribution in [0.2, 0.25) is 0 Å². The summed E-state index contributed by atoms with van der Waals surface area (Å²) >= 11 is 3.43. The molecule has 1 N–H and O–H groups in total. The summed E-state index contributed by atoms with van der Waals surface area (Å²) in [6, 6.07) is 23.6. The van der Waals surface area contributed by atoms with Gasteiger partial charge in [0.25, 0.3) is 0 Å². The van der Waals surface area contributed by atoms with Gasteiger partial charge < -0.3 is 14.6 Å². The Morgan fingerprint density at radius 3 is 1.93 bits per heavy atom. The molecule has 3 heterocycles. The molecule has 0 spiro atoms. The van der Waals surface area contributed by atoms with Crippen LogP contribution >= 0.6 is 35.1 Å². The second-order valence-electron chi connectivity index (χ2n) is 9.55. The van der Waals surface area contributed by atoms with Crippen molar-refractivity contribution in [3.8, 4) is 11.5 Å². The molecular weight excluding hydrogens is 562 g/mol. The molecule has 0 aliphatic carbocycles. The van der Waals surface area contributed by atoms with Gasteiger partial charge >= 0.3 is 5.97 Å². The summed E-state index contributed by atoms with van der Waals surface area (Å²) in [7, 11) is 0. The van der Waals surface area contributed by atoms with Crippen LogP contribution < -0.4 is 9.47 Å². The molecule has 1 aliphatic rings. The van der Waals surface area contributed by atoms with Crippen LogP contribution in [0.15, 0.2) is 89.6 Å². The van der Waals surface area contributed by atoms with Gasteiger partial charge in [-0.25, -0.2) is 0 Å². The number of benzene rings is 2. The van der Waals surface area contributed by atoms with Crippen molar-refractivity contribution in [2.45, 2.75) is 44.9 Å². The number of halogens is 1. The Morgan fingerprint density at radius 1 is 0.850 bits per heavy atom. The summed E-state index contributed by atoms with van der Waals surface area (Å²) in [6.07, 6.45) is 5.81. The van der Waals surface area contributed by atoms with Gasteiger partial charge in [-0.05, 0) is 73.0 Å². The number of carboxylic acids is 1. The van der Waals surface area contributed by atoms with E-state index in [2.05, 4.69) is 33.9 Å². The first-order valence-electron chi connectivity index (χ1n) is 13.3. The van der Waals surface area contributed by atoms with E-state index in [1.165, 1.54) is 15.3 Å². The third kappa shape index (κ3) is 7.76. The third-order valence-corrected chi connectivity index (χ3v) is 8.90. The van der Waals surface area contributed by atoms with Crippen molar-refractivity contribution in [1.82, 2.24) is 4.90 Å². The van der Waals surface area contributed by atoms with Gasteiger partial charge in [-0.2, -0.15) is 0 Å². The van der Waals surface area contributed by atoms with E-state index in [4.69, 9.17) is 9.47 Å². The Bertz CT molecular complexity index is 1290. The second kappa shape index (κ2) is 15.1. The number of aliphatic carboxylic acids is 1. The molecule has 0 radical (unpaired) electrons. The highest BCUT2D eigenvalue weighted by Gasteiger charge is 2.27. The zero-order chi connectivity index (χ0) is 26.9. The van der Waals surface area contributed by atoms with E-state index in [9.17, 15) is 9.90 Å². The van der Waals surface area contributed by atoms with Gasteiger partial charge in [-0.15, -0.1) is 35.1 Å². The molecule has 40 heavy (non-hydrogen) atoms. The van der Waals surface area contributed by atoms with Crippen molar-refractivity contribution in [1.29, 1.82) is 0 Å². The van der Waals surface area contributed by atoms with Crippen molar-refractivity contribution in [3.05, 3.63) is 111 Å². The highest BCUT2D eigenvalue weighted by atomic mass is 35.5. The number of carbonyl (C=O) groups is 1. The first kappa shape index (κ1) is 29.9. The fourth-order valence-corrected chi connectivity index (χ4v) is 6.91. The van der Waals surface area contributed by atoms with Gasteiger partial charge in [0.2, 0.25) is 0 Å². The van der Waals surface area contributed by atoms with Crippen LogP contribution in [0, 0.1) is 0 Å². The second-order valence-corrected chi connectivity index (χ2v) is 11.4. The van der Waals surface area contributed by atoms with E-state index in [1.807, 2.05) is 60.7 Å². The zero-order valence-corrected chi connectivity index (χ0v) is 24.7. The predicted octanol–water partition coefficient (Wildman–Crippen LogP) is 8.15. The normalized spacial score (nSPS) is 15.2. The van der Waals surface area contributed by atoms with Crippen LogP contribution in [0.5, 0.6) is 11.5 Å². The lowest BCUT2D eigenvalue weighted by molar-refractivity contribution is -0.144. The van der Waals surface area contributed by atoms with Gasteiger partial charge in [0.15, 0.2) is 0 Å². The van der Waals surface area contributed by atoms with E-state index >= 15 is 0 Å². The number of para-hydroxylation sites is 2. The SMILES string of the molecule is Cl.O=C(O)C1CCCCN1CCC=C(c1sccc1COc1ccccc1)c1sccc1COc1ccccc1. The van der Waals surface area contributed by atoms with Gasteiger partial charge in [0.05, 0.1) is 0 Å². The number of rotatable bonds is 12. The van der Waals surface area contributed by atoms with Gasteiger partial charge in [0.1, 0.15) is 30.8 Å². The Labute approximate surface area is 250 Å². The molecule has 1 saturated heterocycles. The molecule has 0 amide bonds. The monoisotopic (exact) mass is 595 g/mol. The number of likely N-dealkylation sites (tertiary alicyclic amines) is 1. The van der Waals surface area contributed by atoms with Crippen molar-refractivity contribution in [3.63, 3.8) is 0 Å². The van der Waals surface area contributed by atoms with Crippen molar-refractivity contribution in [2.24, 2.45) is 0 Å². The van der Waals surface area contributed by atoms with Crippen molar-refractivity contribution >= 4 is 46.6 Å². The molecule has 5 nitrogen and oxygen atoms in total. The van der Waals surface area contributed by atoms with Crippen LogP contribution in [0.4, 0.5) is 0 Å². The van der Waals surface area contributed by atoms with Crippen LogP contribution in [-0.2, 0) is 18.0 Å². The first-order chi connectivity index (χ1) is 19.2. The molecule has 4 aromatic rings. The average Bonchev–Trinajstić information content (AvgIpc) is 3.64. The number of nitrogens with zero attached hydrogens (tertiary/aromatic N) is 1. The van der Waals surface area contributed by atoms with E-state index in [1.54, 1.807) is 22.7 Å². The van der Waals surface area contributed by atoms with Crippen LogP contribution in [0.1, 0.15) is 46.6 Å². The van der Waals surface area contributed by atoms with E-state index in [-0.39, 0.29) is 18.4 Å². The first-order valence-corrected chi connectivity index (χ1v) is 15.1. The maximum absolute atomic E-state index is 11.8. The summed E-state index contributed by atoms with van der Waals surface area (Å²) in [5, 5.41) is 13.9. The number of piperidine rings is 1. The number of carboxylic acid groups (broad SMARTS) is 1. The molecule has 1 aliphatic heterocycles. The zero-order valence-electron chi connectivity index (χ0n) is 22.2. The largest absolute Gasteiger partial charge is 0.489 e. The minimum Gasteiger partial charge on any atom is -0.489 e. The highest BCUT2D eigenvalue weighted by molar-refractivity contribution is 7.14. The lowest BCUT2D eigenvalue weighted by Gasteiger charge is -2.32. The topological polar surface area (TPSA) is 59.0 Å². The van der Waals surface area contributed by atoms with Crippen molar-refractivity contribution in [2.75, 3.05) is 13.1 Å². The van der Waals surface area contributed by atoms with Crippen LogP contribution in [0.25, 0.3) is 5.57 Å². The smallest absolute Gasteiger partial charge is 0.320 e. The molecule has 2 aromatic carbocycles. The minimum atomic E-state index is -0.712. The Balaban J connectivity index is 0.00000370. The van der Waals surface area contributed by atoms with Gasteiger partial charge in [-0.1, -0.05) is 48.9 Å².